The van der Waals surface area contributed by atoms with Gasteiger partial charge in [-0.15, -0.1) is 0 Å². The molecule has 2 amide bonds. The maximum Gasteiger partial charge on any atom is 0.335 e. The van der Waals surface area contributed by atoms with E-state index in [1.54, 1.807) is 25.0 Å². The lowest BCUT2D eigenvalue weighted by Crippen LogP contribution is -2.39. The van der Waals surface area contributed by atoms with Crippen molar-refractivity contribution >= 4 is 23.8 Å². The molecule has 0 radical (unpaired) electrons. The van der Waals surface area contributed by atoms with Gasteiger partial charge in [0.25, 0.3) is 0 Å². The van der Waals surface area contributed by atoms with Crippen LogP contribution in [0.25, 0.3) is 0 Å². The van der Waals surface area contributed by atoms with E-state index in [1.165, 1.54) is 0 Å². The van der Waals surface area contributed by atoms with Gasteiger partial charge >= 0.3 is 11.9 Å². The first-order valence-electron chi connectivity index (χ1n) is 9.00. The van der Waals surface area contributed by atoms with Crippen LogP contribution in [0.3, 0.4) is 0 Å². The molecule has 2 aromatic rings. The molecule has 8 N–H and O–H groups in total. The van der Waals surface area contributed by atoms with Gasteiger partial charge in [-0.25, -0.2) is 19.6 Å². The van der Waals surface area contributed by atoms with Crippen molar-refractivity contribution in [1.82, 2.24) is 30.6 Å². The van der Waals surface area contributed by atoms with Crippen LogP contribution in [-0.2, 0) is 32.0 Å². The van der Waals surface area contributed by atoms with Crippen LogP contribution in [0.1, 0.15) is 17.8 Å². The molecular weight excluding hydrogens is 416 g/mol. The van der Waals surface area contributed by atoms with Gasteiger partial charge in [0.15, 0.2) is 12.2 Å². The highest BCUT2D eigenvalue weighted by Gasteiger charge is 2.29. The summed E-state index contributed by atoms with van der Waals surface area (Å²) in [6.45, 7) is 0.949. The van der Waals surface area contributed by atoms with Crippen LogP contribution in [0.4, 0.5) is 0 Å². The molecule has 14 heteroatoms. The third-order valence-electron chi connectivity index (χ3n) is 3.67. The number of aliphatic hydroxyl groups excluding tert-OH is 2. The van der Waals surface area contributed by atoms with Crippen molar-refractivity contribution in [2.24, 2.45) is 0 Å². The van der Waals surface area contributed by atoms with Gasteiger partial charge in [0.05, 0.1) is 12.7 Å². The van der Waals surface area contributed by atoms with Crippen molar-refractivity contribution in [2.45, 2.75) is 31.5 Å². The summed E-state index contributed by atoms with van der Waals surface area (Å²) in [5.41, 5.74) is 1.89. The van der Waals surface area contributed by atoms with E-state index >= 15 is 0 Å². The molecule has 0 aliphatic heterocycles. The van der Waals surface area contributed by atoms with Crippen LogP contribution < -0.4 is 10.6 Å². The third-order valence-corrected chi connectivity index (χ3v) is 3.67. The second-order valence-corrected chi connectivity index (χ2v) is 6.10. The largest absolute Gasteiger partial charge is 0.479 e. The lowest BCUT2D eigenvalue weighted by Gasteiger charge is -2.07. The molecule has 0 saturated heterocycles. The van der Waals surface area contributed by atoms with Crippen LogP contribution in [0.15, 0.2) is 25.0 Å². The van der Waals surface area contributed by atoms with E-state index < -0.39 is 24.1 Å². The number of H-pyrrole nitrogens is 2. The minimum atomic E-state index is -2.27. The average molecular weight is 440 g/mol. The van der Waals surface area contributed by atoms with E-state index in [9.17, 15) is 19.2 Å². The van der Waals surface area contributed by atoms with E-state index in [0.29, 0.717) is 25.9 Å². The average Bonchev–Trinajstić information content (AvgIpc) is 3.41. The van der Waals surface area contributed by atoms with E-state index in [0.717, 1.165) is 11.4 Å². The quantitative estimate of drug-likeness (QED) is 0.170. The molecule has 0 aliphatic carbocycles. The van der Waals surface area contributed by atoms with Gasteiger partial charge in [-0.1, -0.05) is 0 Å². The van der Waals surface area contributed by atoms with Gasteiger partial charge in [-0.3, -0.25) is 9.59 Å². The number of aliphatic carboxylic acids is 2. The molecule has 31 heavy (non-hydrogen) atoms. The zero-order chi connectivity index (χ0) is 23.2. The first-order valence-corrected chi connectivity index (χ1v) is 9.00. The zero-order valence-electron chi connectivity index (χ0n) is 16.3. The monoisotopic (exact) mass is 440 g/mol. The fraction of sp³-hybridized carbons (Fsp3) is 0.412. The smallest absolute Gasteiger partial charge is 0.335 e. The van der Waals surface area contributed by atoms with Crippen LogP contribution in [-0.4, -0.2) is 89.4 Å². The minimum absolute atomic E-state index is 0.161. The number of nitrogens with one attached hydrogen (secondary N) is 4. The Morgan fingerprint density at radius 3 is 1.48 bits per heavy atom. The summed E-state index contributed by atoms with van der Waals surface area (Å²) in [5.74, 6) is -4.10. The maximum absolute atomic E-state index is 11.6. The number of imidazole rings is 2. The topological polar surface area (TPSA) is 231 Å². The molecule has 0 aliphatic rings. The number of nitrogens with zero attached hydrogens (tertiary/aromatic N) is 2. The number of hydrogen-bond donors (Lipinski definition) is 8. The first-order chi connectivity index (χ1) is 14.7. The Morgan fingerprint density at radius 2 is 1.19 bits per heavy atom. The Morgan fingerprint density at radius 1 is 0.806 bits per heavy atom. The zero-order valence-corrected chi connectivity index (χ0v) is 16.3. The van der Waals surface area contributed by atoms with Gasteiger partial charge < -0.3 is 41.0 Å². The van der Waals surface area contributed by atoms with Crippen molar-refractivity contribution in [1.29, 1.82) is 0 Å². The second-order valence-electron chi connectivity index (χ2n) is 6.10. The van der Waals surface area contributed by atoms with Crippen molar-refractivity contribution in [3.05, 3.63) is 36.4 Å². The summed E-state index contributed by atoms with van der Waals surface area (Å²) >= 11 is 0. The van der Waals surface area contributed by atoms with E-state index in [1.807, 2.05) is 0 Å². The summed E-state index contributed by atoms with van der Waals surface area (Å²) in [6, 6.07) is 0. The predicted molar refractivity (Wildman–Crippen MR) is 103 cm³/mol. The number of carboxylic acid groups (broad SMARTS) is 2. The van der Waals surface area contributed by atoms with Crippen LogP contribution in [0.5, 0.6) is 0 Å². The van der Waals surface area contributed by atoms with Gasteiger partial charge in [-0.05, 0) is 0 Å². The lowest BCUT2D eigenvalue weighted by molar-refractivity contribution is -0.165. The number of carbonyl (C=O) groups is 4. The number of hydrogen-bond acceptors (Lipinski definition) is 8. The number of aromatic amines is 2. The highest BCUT2D eigenvalue weighted by molar-refractivity contribution is 5.96. The summed E-state index contributed by atoms with van der Waals surface area (Å²) < 4.78 is 0. The molecule has 0 saturated carbocycles. The Bertz CT molecular complexity index is 756. The van der Waals surface area contributed by atoms with Crippen LogP contribution in [0.2, 0.25) is 0 Å². The minimum Gasteiger partial charge on any atom is -0.479 e. The molecule has 2 aromatic heterocycles. The molecule has 2 atom stereocenters. The van der Waals surface area contributed by atoms with Gasteiger partial charge in [-0.2, -0.15) is 0 Å². The Labute approximate surface area is 175 Å². The summed E-state index contributed by atoms with van der Waals surface area (Å²) in [6.07, 6.45) is 3.21. The predicted octanol–water partition coefficient (Wildman–Crippen LogP) is -2.58. The number of amides is 2. The SMILES string of the molecule is O=C(CC(=O)NCCc1cnc[nH]1)NCCc1cnc[nH]1.O=C(O)C(O)C(O)C(=O)O. The normalized spacial score (nSPS) is 12.1. The summed E-state index contributed by atoms with van der Waals surface area (Å²) in [4.78, 5) is 56.3. The van der Waals surface area contributed by atoms with E-state index in [4.69, 9.17) is 20.4 Å². The molecule has 0 spiro atoms. The standard InChI is InChI=1S/C13H18N6O2.C4H6O6/c20-12(16-3-1-10-6-14-8-18-10)5-13(21)17-4-2-11-7-15-9-19-11;5-1(3(7)8)2(6)4(9)10/h6-9H,1-5H2,(H,14,18)(H,15,19)(H,16,20)(H,17,21);1-2,5-6H,(H,7,8)(H,9,10). The summed E-state index contributed by atoms with van der Waals surface area (Å²) in [7, 11) is 0. The number of rotatable bonds is 11. The fourth-order valence-corrected chi connectivity index (χ4v) is 2.06. The lowest BCUT2D eigenvalue weighted by atomic mass is 10.2. The number of aliphatic hydroxyl groups is 2. The number of aromatic nitrogens is 4. The molecule has 0 fully saturated rings. The van der Waals surface area contributed by atoms with Crippen LogP contribution >= 0.6 is 0 Å². The molecule has 0 aromatic carbocycles. The van der Waals surface area contributed by atoms with Crippen molar-refractivity contribution in [3.63, 3.8) is 0 Å². The molecule has 2 rings (SSSR count). The molecule has 2 unspecified atom stereocenters. The van der Waals surface area contributed by atoms with Gasteiger partial charge in [0, 0.05) is 49.7 Å². The molecular formula is C17H24N6O8. The Balaban J connectivity index is 0.000000407. The second kappa shape index (κ2) is 13.4. The maximum atomic E-state index is 11.6. The van der Waals surface area contributed by atoms with Crippen LogP contribution in [0, 0.1) is 0 Å². The fourth-order valence-electron chi connectivity index (χ4n) is 2.06. The molecule has 2 heterocycles. The van der Waals surface area contributed by atoms with E-state index in [-0.39, 0.29) is 18.2 Å². The van der Waals surface area contributed by atoms with Gasteiger partial charge in [0.1, 0.15) is 6.42 Å². The number of carbonyl (C=O) groups excluding carboxylic acids is 2. The summed E-state index contributed by atoms with van der Waals surface area (Å²) in [5, 5.41) is 37.9. The molecule has 0 bridgehead atoms. The Kier molecular flexibility index (Phi) is 11.0. The first kappa shape index (κ1) is 25.3. The van der Waals surface area contributed by atoms with Crippen molar-refractivity contribution < 1.29 is 39.6 Å². The highest BCUT2D eigenvalue weighted by Crippen LogP contribution is 1.93. The number of carboxylic acids is 2. The van der Waals surface area contributed by atoms with E-state index in [2.05, 4.69) is 30.6 Å². The molecule has 170 valence electrons. The van der Waals surface area contributed by atoms with Crippen molar-refractivity contribution in [2.75, 3.05) is 13.1 Å². The Hall–Kier alpha value is -3.78. The van der Waals surface area contributed by atoms with Crippen molar-refractivity contribution in [3.8, 4) is 0 Å². The van der Waals surface area contributed by atoms with Gasteiger partial charge in [0.2, 0.25) is 11.8 Å². The molecule has 14 nitrogen and oxygen atoms in total. The highest BCUT2D eigenvalue weighted by atomic mass is 16.4. The third kappa shape index (κ3) is 10.5.